The lowest BCUT2D eigenvalue weighted by atomic mass is 10.0. The van der Waals surface area contributed by atoms with E-state index in [0.29, 0.717) is 17.6 Å². The Morgan fingerprint density at radius 3 is 2.63 bits per heavy atom. The molecule has 3 aromatic rings. The van der Waals surface area contributed by atoms with Crippen LogP contribution < -0.4 is 20.0 Å². The summed E-state index contributed by atoms with van der Waals surface area (Å²) in [4.78, 5) is 23.9. The summed E-state index contributed by atoms with van der Waals surface area (Å²) in [6.07, 6.45) is 3.67. The molecule has 0 amide bonds. The van der Waals surface area contributed by atoms with Gasteiger partial charge in [0.25, 0.3) is 0 Å². The van der Waals surface area contributed by atoms with Gasteiger partial charge < -0.3 is 20.0 Å². The van der Waals surface area contributed by atoms with Crippen LogP contribution in [0, 0.1) is 11.3 Å². The summed E-state index contributed by atoms with van der Waals surface area (Å²) in [5.74, 6) is 1.85. The maximum atomic E-state index is 9.54. The second-order valence-corrected chi connectivity index (χ2v) is 9.69. The number of nitriles is 1. The third kappa shape index (κ3) is 4.13. The van der Waals surface area contributed by atoms with Crippen molar-refractivity contribution in [2.45, 2.75) is 19.0 Å². The Morgan fingerprint density at radius 2 is 1.77 bits per heavy atom. The number of piperazine rings is 3. The zero-order chi connectivity index (χ0) is 23.8. The second kappa shape index (κ2) is 9.29. The summed E-state index contributed by atoms with van der Waals surface area (Å²) in [6, 6.07) is 13.2. The minimum absolute atomic E-state index is 0.376. The van der Waals surface area contributed by atoms with E-state index in [4.69, 9.17) is 4.98 Å². The van der Waals surface area contributed by atoms with Crippen LogP contribution in [0.25, 0.3) is 10.9 Å². The summed E-state index contributed by atoms with van der Waals surface area (Å²) in [7, 11) is 0. The zero-order valence-electron chi connectivity index (χ0n) is 20.1. The second-order valence-electron chi connectivity index (χ2n) is 9.69. The highest BCUT2D eigenvalue weighted by Gasteiger charge is 2.37. The van der Waals surface area contributed by atoms with Crippen molar-refractivity contribution < 1.29 is 0 Å². The average Bonchev–Trinajstić information content (AvgIpc) is 2.92. The predicted molar refractivity (Wildman–Crippen MR) is 138 cm³/mol. The van der Waals surface area contributed by atoms with Gasteiger partial charge in [-0.15, -0.1) is 0 Å². The molecule has 5 heterocycles. The molecule has 35 heavy (non-hydrogen) atoms. The molecule has 180 valence electrons. The highest BCUT2D eigenvalue weighted by Crippen LogP contribution is 2.32. The fourth-order valence-corrected chi connectivity index (χ4v) is 5.83. The van der Waals surface area contributed by atoms with E-state index in [0.717, 1.165) is 87.3 Å². The number of nitrogens with one attached hydrogen (secondary N) is 1. The van der Waals surface area contributed by atoms with Crippen molar-refractivity contribution >= 4 is 28.4 Å². The van der Waals surface area contributed by atoms with Crippen molar-refractivity contribution in [3.63, 3.8) is 0 Å². The molecule has 3 aliphatic heterocycles. The number of pyridine rings is 1. The van der Waals surface area contributed by atoms with Crippen LogP contribution in [0.4, 0.5) is 17.5 Å². The smallest absolute Gasteiger partial charge is 0.227 e. The molecule has 1 N–H and O–H groups in total. The average molecular weight is 470 g/mol. The molecule has 2 atom stereocenters. The molecule has 0 unspecified atom stereocenters. The third-order valence-electron chi connectivity index (χ3n) is 7.57. The van der Waals surface area contributed by atoms with Gasteiger partial charge in [0.2, 0.25) is 5.95 Å². The standard InChI is InChI=1S/C26H31N9/c1-19-16-34(23-5-4-20(15-27)25-22(23)3-2-7-29-25)18-21-17-33(13-14-35(19)21)26-30-8-6-24(31-26)32-11-9-28-10-12-32/h2-8,19,21,28H,9-14,16-18H2,1H3/t19-,21+/m1/s1. The molecule has 2 aromatic heterocycles. The summed E-state index contributed by atoms with van der Waals surface area (Å²) in [6.45, 7) is 11.0. The van der Waals surface area contributed by atoms with E-state index in [1.54, 1.807) is 6.20 Å². The molecule has 1 aromatic carbocycles. The molecule has 6 rings (SSSR count). The number of benzene rings is 1. The van der Waals surface area contributed by atoms with Crippen molar-refractivity contribution in [1.29, 1.82) is 5.26 Å². The SMILES string of the molecule is C[C@@H]1CN(c2ccc(C#N)c3ncccc23)C[C@@H]2CN(c3nccc(N4CCNCC4)n3)CCN21. The van der Waals surface area contributed by atoms with Crippen LogP contribution in [0.5, 0.6) is 0 Å². The molecule has 0 aliphatic carbocycles. The quantitative estimate of drug-likeness (QED) is 0.616. The monoisotopic (exact) mass is 469 g/mol. The normalized spacial score (nSPS) is 23.3. The highest BCUT2D eigenvalue weighted by molar-refractivity contribution is 5.95. The molecule has 0 spiro atoms. The topological polar surface area (TPSA) is 87.5 Å². The van der Waals surface area contributed by atoms with E-state index in [1.807, 2.05) is 24.4 Å². The minimum atomic E-state index is 0.376. The number of nitrogens with zero attached hydrogens (tertiary/aromatic N) is 8. The Labute approximate surface area is 206 Å². The maximum Gasteiger partial charge on any atom is 0.227 e. The van der Waals surface area contributed by atoms with Crippen LogP contribution in [-0.2, 0) is 0 Å². The predicted octanol–water partition coefficient (Wildman–Crippen LogP) is 1.71. The van der Waals surface area contributed by atoms with Gasteiger partial charge in [-0.2, -0.15) is 10.2 Å². The van der Waals surface area contributed by atoms with Gasteiger partial charge in [0.1, 0.15) is 11.9 Å². The fraction of sp³-hybridized carbons (Fsp3) is 0.462. The molecule has 3 saturated heterocycles. The number of anilines is 3. The Balaban J connectivity index is 1.24. The molecular formula is C26H31N9. The lowest BCUT2D eigenvalue weighted by Gasteiger charge is -2.51. The number of fused-ring (bicyclic) bond motifs is 2. The first-order chi connectivity index (χ1) is 17.2. The van der Waals surface area contributed by atoms with Gasteiger partial charge in [-0.25, -0.2) is 4.98 Å². The van der Waals surface area contributed by atoms with Gasteiger partial charge >= 0.3 is 0 Å². The van der Waals surface area contributed by atoms with Gasteiger partial charge in [0.05, 0.1) is 11.1 Å². The fourth-order valence-electron chi connectivity index (χ4n) is 5.83. The molecule has 9 nitrogen and oxygen atoms in total. The van der Waals surface area contributed by atoms with E-state index in [1.165, 1.54) is 0 Å². The maximum absolute atomic E-state index is 9.54. The van der Waals surface area contributed by atoms with Crippen LogP contribution in [0.3, 0.4) is 0 Å². The minimum Gasteiger partial charge on any atom is -0.368 e. The van der Waals surface area contributed by atoms with Gasteiger partial charge in [-0.1, -0.05) is 0 Å². The van der Waals surface area contributed by atoms with Crippen molar-refractivity contribution in [3.05, 3.63) is 48.3 Å². The van der Waals surface area contributed by atoms with Crippen molar-refractivity contribution in [2.75, 3.05) is 73.6 Å². The number of hydrogen-bond donors (Lipinski definition) is 1. The molecule has 0 bridgehead atoms. The third-order valence-corrected chi connectivity index (χ3v) is 7.57. The van der Waals surface area contributed by atoms with Gasteiger partial charge in [-0.05, 0) is 37.3 Å². The Bertz CT molecular complexity index is 1250. The van der Waals surface area contributed by atoms with Gasteiger partial charge in [0, 0.05) is 94.5 Å². The summed E-state index contributed by atoms with van der Waals surface area (Å²) in [5, 5.41) is 14.0. The Hall–Kier alpha value is -3.48. The summed E-state index contributed by atoms with van der Waals surface area (Å²) >= 11 is 0. The number of aromatic nitrogens is 3. The lowest BCUT2D eigenvalue weighted by Crippen LogP contribution is -2.65. The van der Waals surface area contributed by atoms with Gasteiger partial charge in [-0.3, -0.25) is 9.88 Å². The molecule has 9 heteroatoms. The van der Waals surface area contributed by atoms with Crippen LogP contribution >= 0.6 is 0 Å². The van der Waals surface area contributed by atoms with E-state index >= 15 is 0 Å². The molecular weight excluding hydrogens is 438 g/mol. The largest absolute Gasteiger partial charge is 0.368 e. The Kier molecular flexibility index (Phi) is 5.84. The highest BCUT2D eigenvalue weighted by atomic mass is 15.4. The van der Waals surface area contributed by atoms with E-state index in [9.17, 15) is 5.26 Å². The van der Waals surface area contributed by atoms with Crippen LogP contribution in [0.1, 0.15) is 12.5 Å². The summed E-state index contributed by atoms with van der Waals surface area (Å²) < 4.78 is 0. The van der Waals surface area contributed by atoms with Gasteiger partial charge in [0.15, 0.2) is 0 Å². The van der Waals surface area contributed by atoms with Crippen molar-refractivity contribution in [1.82, 2.24) is 25.2 Å². The molecule has 0 saturated carbocycles. The Morgan fingerprint density at radius 1 is 0.914 bits per heavy atom. The molecule has 3 fully saturated rings. The van der Waals surface area contributed by atoms with E-state index < -0.39 is 0 Å². The number of hydrogen-bond acceptors (Lipinski definition) is 9. The van der Waals surface area contributed by atoms with Crippen LogP contribution in [-0.4, -0.2) is 90.8 Å². The van der Waals surface area contributed by atoms with E-state index in [-0.39, 0.29) is 0 Å². The van der Waals surface area contributed by atoms with Crippen molar-refractivity contribution in [2.24, 2.45) is 0 Å². The lowest BCUT2D eigenvalue weighted by molar-refractivity contribution is 0.108. The first kappa shape index (κ1) is 22.0. The molecule has 3 aliphatic rings. The summed E-state index contributed by atoms with van der Waals surface area (Å²) in [5.41, 5.74) is 2.57. The van der Waals surface area contributed by atoms with Crippen molar-refractivity contribution in [3.8, 4) is 6.07 Å². The van der Waals surface area contributed by atoms with Crippen LogP contribution in [0.15, 0.2) is 42.7 Å². The first-order valence-corrected chi connectivity index (χ1v) is 12.5. The zero-order valence-corrected chi connectivity index (χ0v) is 20.1. The van der Waals surface area contributed by atoms with E-state index in [2.05, 4.69) is 60.0 Å². The number of rotatable bonds is 3. The first-order valence-electron chi connectivity index (χ1n) is 12.5. The van der Waals surface area contributed by atoms with Crippen LogP contribution in [0.2, 0.25) is 0 Å². The molecule has 0 radical (unpaired) electrons.